The maximum absolute atomic E-state index is 12.6. The smallest absolute Gasteiger partial charge is 0.164 e. The number of fused-ring (bicyclic) bond motifs is 1. The Bertz CT molecular complexity index is 894. The molecule has 4 nitrogen and oxygen atoms in total. The van der Waals surface area contributed by atoms with Gasteiger partial charge in [-0.15, -0.1) is 0 Å². The zero-order valence-electron chi connectivity index (χ0n) is 13.2. The number of ketones is 1. The first-order chi connectivity index (χ1) is 11.7. The molecule has 0 saturated carbocycles. The maximum atomic E-state index is 12.6. The average Bonchev–Trinajstić information content (AvgIpc) is 2.60. The Morgan fingerprint density at radius 1 is 1.12 bits per heavy atom. The van der Waals surface area contributed by atoms with E-state index in [9.17, 15) is 10.1 Å². The van der Waals surface area contributed by atoms with Gasteiger partial charge in [0.05, 0.1) is 6.07 Å². The van der Waals surface area contributed by atoms with E-state index in [2.05, 4.69) is 12.1 Å². The number of hydrogen-bond acceptors (Lipinski definition) is 4. The van der Waals surface area contributed by atoms with E-state index >= 15 is 0 Å². The predicted molar refractivity (Wildman–Crippen MR) is 90.7 cm³/mol. The van der Waals surface area contributed by atoms with Gasteiger partial charge in [-0.2, -0.15) is 5.26 Å². The minimum Gasteiger partial charge on any atom is -0.478 e. The third-order valence-corrected chi connectivity index (χ3v) is 4.99. The van der Waals surface area contributed by atoms with Crippen LogP contribution in [0.25, 0.3) is 10.8 Å². The van der Waals surface area contributed by atoms with Gasteiger partial charge in [-0.3, -0.25) is 10.5 Å². The molecule has 0 spiro atoms. The molecule has 0 bridgehead atoms. The van der Waals surface area contributed by atoms with E-state index < -0.39 is 12.1 Å². The molecule has 120 valence electrons. The highest BCUT2D eigenvalue weighted by Crippen LogP contribution is 2.44. The van der Waals surface area contributed by atoms with Crippen LogP contribution in [0, 0.1) is 17.2 Å². The molecule has 0 amide bonds. The number of nitriles is 1. The fourth-order valence-corrected chi connectivity index (χ4v) is 3.83. The molecule has 24 heavy (non-hydrogen) atoms. The molecule has 3 unspecified atom stereocenters. The molecule has 2 aromatic rings. The Morgan fingerprint density at radius 2 is 1.92 bits per heavy atom. The third kappa shape index (κ3) is 2.29. The zero-order valence-corrected chi connectivity index (χ0v) is 13.2. The number of ether oxygens (including phenoxy) is 1. The predicted octanol–water partition coefficient (Wildman–Crippen LogP) is 3.39. The number of carbonyl (C=O) groups is 1. The van der Waals surface area contributed by atoms with E-state index in [4.69, 9.17) is 10.5 Å². The molecule has 4 heteroatoms. The molecular weight excluding hydrogens is 300 g/mol. The average molecular weight is 318 g/mol. The molecule has 1 aliphatic carbocycles. The van der Waals surface area contributed by atoms with Gasteiger partial charge in [-0.25, -0.2) is 0 Å². The first kappa shape index (κ1) is 14.9. The van der Waals surface area contributed by atoms with Crippen molar-refractivity contribution < 1.29 is 9.53 Å². The van der Waals surface area contributed by atoms with Gasteiger partial charge in [0.25, 0.3) is 0 Å². The van der Waals surface area contributed by atoms with E-state index in [1.807, 2.05) is 36.4 Å². The van der Waals surface area contributed by atoms with Crippen molar-refractivity contribution in [3.05, 3.63) is 59.4 Å². The van der Waals surface area contributed by atoms with E-state index in [0.717, 1.165) is 29.2 Å². The first-order valence-corrected chi connectivity index (χ1v) is 8.26. The van der Waals surface area contributed by atoms with Crippen molar-refractivity contribution in [1.82, 2.24) is 0 Å². The molecule has 0 aromatic heterocycles. The molecule has 0 radical (unpaired) electrons. The second kappa shape index (κ2) is 5.77. The Labute approximate surface area is 140 Å². The number of hydrogen-bond donors (Lipinski definition) is 1. The fraction of sp³-hybridized carbons (Fsp3) is 0.300. The highest BCUT2D eigenvalue weighted by Gasteiger charge is 2.43. The van der Waals surface area contributed by atoms with Crippen molar-refractivity contribution in [1.29, 1.82) is 5.26 Å². The zero-order chi connectivity index (χ0) is 16.7. The van der Waals surface area contributed by atoms with Crippen LogP contribution in [0.4, 0.5) is 0 Å². The van der Waals surface area contributed by atoms with Crippen LogP contribution >= 0.6 is 0 Å². The molecule has 0 fully saturated rings. The molecule has 3 atom stereocenters. The largest absolute Gasteiger partial charge is 0.478 e. The Morgan fingerprint density at radius 3 is 2.71 bits per heavy atom. The summed E-state index contributed by atoms with van der Waals surface area (Å²) in [6.07, 6.45) is 1.32. The van der Waals surface area contributed by atoms with Gasteiger partial charge in [-0.1, -0.05) is 42.5 Å². The van der Waals surface area contributed by atoms with Crippen molar-refractivity contribution in [3.8, 4) is 6.07 Å². The van der Waals surface area contributed by atoms with Gasteiger partial charge in [0, 0.05) is 24.3 Å². The van der Waals surface area contributed by atoms with Crippen LogP contribution in [0.15, 0.2) is 53.8 Å². The molecule has 0 saturated heterocycles. The van der Waals surface area contributed by atoms with Crippen molar-refractivity contribution in [2.24, 2.45) is 11.7 Å². The van der Waals surface area contributed by atoms with Crippen LogP contribution in [0.1, 0.15) is 30.7 Å². The topological polar surface area (TPSA) is 76.1 Å². The van der Waals surface area contributed by atoms with Crippen molar-refractivity contribution in [3.63, 3.8) is 0 Å². The van der Waals surface area contributed by atoms with Gasteiger partial charge < -0.3 is 4.74 Å². The molecular formula is C20H18N2O2. The lowest BCUT2D eigenvalue weighted by molar-refractivity contribution is -0.117. The summed E-state index contributed by atoms with van der Waals surface area (Å²) in [5.74, 6) is -0.108. The monoisotopic (exact) mass is 318 g/mol. The van der Waals surface area contributed by atoms with E-state index in [1.165, 1.54) is 0 Å². The van der Waals surface area contributed by atoms with Gasteiger partial charge in [0.2, 0.25) is 0 Å². The van der Waals surface area contributed by atoms with Crippen LogP contribution in [0.3, 0.4) is 0 Å². The SMILES string of the molecule is N#CC1C(N)OC2=C(C(=O)CCC2)C1c1ccc2ccccc2c1. The van der Waals surface area contributed by atoms with Crippen molar-refractivity contribution in [2.75, 3.05) is 0 Å². The molecule has 2 N–H and O–H groups in total. The fourth-order valence-electron chi connectivity index (χ4n) is 3.83. The summed E-state index contributed by atoms with van der Waals surface area (Å²) in [6.45, 7) is 0. The van der Waals surface area contributed by atoms with Gasteiger partial charge >= 0.3 is 0 Å². The van der Waals surface area contributed by atoms with Crippen LogP contribution in [0.5, 0.6) is 0 Å². The lowest BCUT2D eigenvalue weighted by Gasteiger charge is -2.37. The number of nitrogens with zero attached hydrogens (tertiary/aromatic N) is 1. The first-order valence-electron chi connectivity index (χ1n) is 8.26. The van der Waals surface area contributed by atoms with Gasteiger partial charge in [-0.05, 0) is 22.8 Å². The van der Waals surface area contributed by atoms with Gasteiger partial charge in [0.1, 0.15) is 11.7 Å². The Balaban J connectivity index is 1.90. The van der Waals surface area contributed by atoms with Crippen LogP contribution in [0.2, 0.25) is 0 Å². The summed E-state index contributed by atoms with van der Waals surface area (Å²) in [7, 11) is 0. The van der Waals surface area contributed by atoms with Crippen LogP contribution in [-0.4, -0.2) is 12.0 Å². The summed E-state index contributed by atoms with van der Waals surface area (Å²) < 4.78 is 5.72. The lowest BCUT2D eigenvalue weighted by atomic mass is 9.73. The van der Waals surface area contributed by atoms with Gasteiger partial charge in [0.15, 0.2) is 12.0 Å². The Kier molecular flexibility index (Phi) is 3.59. The summed E-state index contributed by atoms with van der Waals surface area (Å²) in [5.41, 5.74) is 7.71. The number of carbonyl (C=O) groups excluding carboxylic acids is 1. The third-order valence-electron chi connectivity index (χ3n) is 4.99. The quantitative estimate of drug-likeness (QED) is 0.874. The highest BCUT2D eigenvalue weighted by molar-refractivity contribution is 5.98. The molecule has 1 heterocycles. The van der Waals surface area contributed by atoms with E-state index in [0.29, 0.717) is 17.8 Å². The second-order valence-corrected chi connectivity index (χ2v) is 6.44. The van der Waals surface area contributed by atoms with Crippen LogP contribution in [-0.2, 0) is 9.53 Å². The number of Topliss-reactive ketones (excluding diaryl/α,β-unsaturated/α-hetero) is 1. The minimum absolute atomic E-state index is 0.0848. The van der Waals surface area contributed by atoms with Crippen molar-refractivity contribution in [2.45, 2.75) is 31.4 Å². The van der Waals surface area contributed by atoms with E-state index in [-0.39, 0.29) is 11.7 Å². The normalized spacial score (nSPS) is 26.7. The lowest BCUT2D eigenvalue weighted by Crippen LogP contribution is -2.42. The second-order valence-electron chi connectivity index (χ2n) is 6.44. The molecule has 4 rings (SSSR count). The number of allylic oxidation sites excluding steroid dienone is 2. The summed E-state index contributed by atoms with van der Waals surface area (Å²) >= 11 is 0. The molecule has 2 aromatic carbocycles. The van der Waals surface area contributed by atoms with Crippen molar-refractivity contribution >= 4 is 16.6 Å². The Hall–Kier alpha value is -2.64. The molecule has 2 aliphatic rings. The standard InChI is InChI=1S/C20H18N2O2/c21-11-15-18(14-9-8-12-4-1-2-5-13(12)10-14)19-16(23)6-3-7-17(19)24-20(15)22/h1-2,4-5,8-10,15,18,20H,3,6-7,22H2. The summed E-state index contributed by atoms with van der Waals surface area (Å²) in [4.78, 5) is 12.6. The van der Waals surface area contributed by atoms with E-state index in [1.54, 1.807) is 0 Å². The highest BCUT2D eigenvalue weighted by atomic mass is 16.5. The number of rotatable bonds is 1. The minimum atomic E-state index is -0.698. The summed E-state index contributed by atoms with van der Waals surface area (Å²) in [5, 5.41) is 11.9. The molecule has 1 aliphatic heterocycles. The van der Waals surface area contributed by atoms with Crippen LogP contribution < -0.4 is 5.73 Å². The maximum Gasteiger partial charge on any atom is 0.164 e. The number of benzene rings is 2. The summed E-state index contributed by atoms with van der Waals surface area (Å²) in [6, 6.07) is 16.4. The number of nitrogens with two attached hydrogens (primary N) is 1.